The van der Waals surface area contributed by atoms with E-state index in [4.69, 9.17) is 26.2 Å². The van der Waals surface area contributed by atoms with E-state index in [1.165, 1.54) is 0 Å². The Kier molecular flexibility index (Phi) is 3.42. The van der Waals surface area contributed by atoms with E-state index < -0.39 is 18.3 Å². The highest BCUT2D eigenvalue weighted by atomic mass is 35.5. The third-order valence-corrected chi connectivity index (χ3v) is 4.41. The Hall–Kier alpha value is -1.02. The minimum Gasteiger partial charge on any atom is -0.399 e. The van der Waals surface area contributed by atoms with Gasteiger partial charge in [0.15, 0.2) is 0 Å². The lowest BCUT2D eigenvalue weighted by molar-refractivity contribution is 0.00578. The topological polar surface area (TPSA) is 42.2 Å². The molecule has 0 saturated carbocycles. The standard InChI is InChI=1S/C14H17BClNO2/c1-9-11(6-10(8-17)7-12(9)16)15-18-13(2,3)14(4,5)19-15/h6-7H,1-5H3. The van der Waals surface area contributed by atoms with Gasteiger partial charge >= 0.3 is 7.12 Å². The molecule has 1 heterocycles. The smallest absolute Gasteiger partial charge is 0.399 e. The first-order valence-corrected chi connectivity index (χ1v) is 6.61. The van der Waals surface area contributed by atoms with Crippen LogP contribution in [-0.4, -0.2) is 18.3 Å². The number of hydrogen-bond donors (Lipinski definition) is 0. The van der Waals surface area contributed by atoms with Crippen molar-refractivity contribution in [1.29, 1.82) is 5.26 Å². The molecule has 1 aromatic carbocycles. The van der Waals surface area contributed by atoms with Crippen LogP contribution in [0.1, 0.15) is 38.8 Å². The molecule has 0 aliphatic carbocycles. The van der Waals surface area contributed by atoms with Gasteiger partial charge in [0.1, 0.15) is 0 Å². The van der Waals surface area contributed by atoms with Crippen molar-refractivity contribution in [3.63, 3.8) is 0 Å². The molecule has 0 amide bonds. The van der Waals surface area contributed by atoms with Gasteiger partial charge < -0.3 is 9.31 Å². The van der Waals surface area contributed by atoms with Gasteiger partial charge in [-0.1, -0.05) is 11.6 Å². The summed E-state index contributed by atoms with van der Waals surface area (Å²) in [6.45, 7) is 9.90. The van der Waals surface area contributed by atoms with E-state index in [0.717, 1.165) is 11.0 Å². The van der Waals surface area contributed by atoms with Crippen LogP contribution >= 0.6 is 11.6 Å². The van der Waals surface area contributed by atoms with E-state index in [-0.39, 0.29) is 0 Å². The third kappa shape index (κ3) is 2.39. The molecular weight excluding hydrogens is 260 g/mol. The quantitative estimate of drug-likeness (QED) is 0.741. The van der Waals surface area contributed by atoms with Crippen LogP contribution in [0, 0.1) is 18.3 Å². The predicted octanol–water partition coefficient (Wildman–Crippen LogP) is 2.82. The number of benzene rings is 1. The summed E-state index contributed by atoms with van der Waals surface area (Å²) in [5.41, 5.74) is 1.42. The predicted molar refractivity (Wildman–Crippen MR) is 76.6 cm³/mol. The normalized spacial score (nSPS) is 20.4. The van der Waals surface area contributed by atoms with Crippen LogP contribution in [0.2, 0.25) is 5.02 Å². The number of rotatable bonds is 1. The average Bonchev–Trinajstić information content (AvgIpc) is 2.51. The van der Waals surface area contributed by atoms with E-state index in [0.29, 0.717) is 10.6 Å². The van der Waals surface area contributed by atoms with Crippen LogP contribution in [-0.2, 0) is 9.31 Å². The van der Waals surface area contributed by atoms with Crippen LogP contribution in [0.15, 0.2) is 12.1 Å². The monoisotopic (exact) mass is 277 g/mol. The molecule has 0 aromatic heterocycles. The van der Waals surface area contributed by atoms with E-state index >= 15 is 0 Å². The number of nitriles is 1. The zero-order valence-electron chi connectivity index (χ0n) is 11.9. The van der Waals surface area contributed by atoms with Crippen molar-refractivity contribution >= 4 is 24.2 Å². The maximum Gasteiger partial charge on any atom is 0.495 e. The van der Waals surface area contributed by atoms with Gasteiger partial charge in [-0.2, -0.15) is 5.26 Å². The zero-order chi connectivity index (χ0) is 14.4. The highest BCUT2D eigenvalue weighted by molar-refractivity contribution is 6.63. The molecule has 1 aromatic rings. The molecule has 0 spiro atoms. The van der Waals surface area contributed by atoms with Crippen molar-refractivity contribution in [3.05, 3.63) is 28.3 Å². The average molecular weight is 278 g/mol. The Bertz CT molecular complexity index is 547. The number of hydrogen-bond acceptors (Lipinski definition) is 3. The largest absolute Gasteiger partial charge is 0.495 e. The Morgan fingerprint density at radius 1 is 1.16 bits per heavy atom. The Morgan fingerprint density at radius 2 is 1.68 bits per heavy atom. The fraction of sp³-hybridized carbons (Fsp3) is 0.500. The van der Waals surface area contributed by atoms with Crippen molar-refractivity contribution in [2.24, 2.45) is 0 Å². The fourth-order valence-corrected chi connectivity index (χ4v) is 2.21. The Labute approximate surface area is 119 Å². The van der Waals surface area contributed by atoms with Crippen LogP contribution in [0.3, 0.4) is 0 Å². The molecule has 19 heavy (non-hydrogen) atoms. The van der Waals surface area contributed by atoms with E-state index in [2.05, 4.69) is 6.07 Å². The van der Waals surface area contributed by atoms with Gasteiger partial charge in [0.2, 0.25) is 0 Å². The SMILES string of the molecule is Cc1c(Cl)cc(C#N)cc1B1OC(C)(C)C(C)(C)O1. The molecule has 1 aliphatic heterocycles. The Morgan fingerprint density at radius 3 is 2.16 bits per heavy atom. The molecule has 2 rings (SSSR count). The summed E-state index contributed by atoms with van der Waals surface area (Å²) in [6.07, 6.45) is 0. The fourth-order valence-electron chi connectivity index (χ4n) is 1.98. The third-order valence-electron chi connectivity index (χ3n) is 4.02. The van der Waals surface area contributed by atoms with Crippen LogP contribution < -0.4 is 5.46 Å². The Balaban J connectivity index is 2.45. The molecule has 0 bridgehead atoms. The molecule has 1 aliphatic rings. The van der Waals surface area contributed by atoms with Crippen molar-refractivity contribution in [2.75, 3.05) is 0 Å². The van der Waals surface area contributed by atoms with Crippen LogP contribution in [0.25, 0.3) is 0 Å². The van der Waals surface area contributed by atoms with Crippen LogP contribution in [0.5, 0.6) is 0 Å². The summed E-state index contributed by atoms with van der Waals surface area (Å²) in [7, 11) is -0.490. The summed E-state index contributed by atoms with van der Waals surface area (Å²) in [6, 6.07) is 5.54. The van der Waals surface area contributed by atoms with Gasteiger partial charge in [0.25, 0.3) is 0 Å². The molecule has 0 N–H and O–H groups in total. The molecular formula is C14H17BClNO2. The van der Waals surface area contributed by atoms with E-state index in [1.807, 2.05) is 34.6 Å². The highest BCUT2D eigenvalue weighted by Gasteiger charge is 2.52. The second-order valence-electron chi connectivity index (χ2n) is 5.87. The minimum absolute atomic E-state index is 0.404. The molecule has 0 unspecified atom stereocenters. The van der Waals surface area contributed by atoms with Crippen molar-refractivity contribution in [3.8, 4) is 6.07 Å². The maximum atomic E-state index is 9.04. The van der Waals surface area contributed by atoms with Gasteiger partial charge in [-0.05, 0) is 57.8 Å². The second kappa shape index (κ2) is 4.52. The lowest BCUT2D eigenvalue weighted by Gasteiger charge is -2.32. The molecule has 1 saturated heterocycles. The molecule has 1 fully saturated rings. The first-order chi connectivity index (χ1) is 8.68. The van der Waals surface area contributed by atoms with Crippen LogP contribution in [0.4, 0.5) is 0 Å². The van der Waals surface area contributed by atoms with Gasteiger partial charge in [-0.15, -0.1) is 0 Å². The number of nitrogens with zero attached hydrogens (tertiary/aromatic N) is 1. The van der Waals surface area contributed by atoms with Gasteiger partial charge in [0, 0.05) is 5.02 Å². The summed E-state index contributed by atoms with van der Waals surface area (Å²) in [5.74, 6) is 0. The highest BCUT2D eigenvalue weighted by Crippen LogP contribution is 2.37. The minimum atomic E-state index is -0.490. The van der Waals surface area contributed by atoms with E-state index in [9.17, 15) is 0 Å². The van der Waals surface area contributed by atoms with Gasteiger partial charge in [0.05, 0.1) is 22.8 Å². The lowest BCUT2D eigenvalue weighted by atomic mass is 9.75. The lowest BCUT2D eigenvalue weighted by Crippen LogP contribution is -2.41. The van der Waals surface area contributed by atoms with E-state index in [1.54, 1.807) is 12.1 Å². The maximum absolute atomic E-state index is 9.04. The summed E-state index contributed by atoms with van der Waals surface area (Å²) < 4.78 is 12.0. The second-order valence-corrected chi connectivity index (χ2v) is 6.28. The summed E-state index contributed by atoms with van der Waals surface area (Å²) in [4.78, 5) is 0. The summed E-state index contributed by atoms with van der Waals surface area (Å²) in [5, 5.41) is 9.59. The van der Waals surface area contributed by atoms with Gasteiger partial charge in [-0.25, -0.2) is 0 Å². The molecule has 5 heteroatoms. The molecule has 0 radical (unpaired) electrons. The van der Waals surface area contributed by atoms with Gasteiger partial charge in [-0.3, -0.25) is 0 Å². The van der Waals surface area contributed by atoms with Crippen molar-refractivity contribution in [1.82, 2.24) is 0 Å². The number of halogens is 1. The van der Waals surface area contributed by atoms with Crippen molar-refractivity contribution in [2.45, 2.75) is 45.8 Å². The molecule has 100 valence electrons. The first kappa shape index (κ1) is 14.4. The zero-order valence-corrected chi connectivity index (χ0v) is 12.6. The van der Waals surface area contributed by atoms with Crippen molar-refractivity contribution < 1.29 is 9.31 Å². The molecule has 3 nitrogen and oxygen atoms in total. The first-order valence-electron chi connectivity index (χ1n) is 6.24. The summed E-state index contributed by atoms with van der Waals surface area (Å²) >= 11 is 6.16. The molecule has 0 atom stereocenters.